The maximum absolute atomic E-state index is 3.73. The van der Waals surface area contributed by atoms with Crippen molar-refractivity contribution in [2.24, 2.45) is 0 Å². The van der Waals surface area contributed by atoms with Crippen LogP contribution >= 0.6 is 0 Å². The first-order chi connectivity index (χ1) is 5.34. The average molecular weight is 149 g/mol. The summed E-state index contributed by atoms with van der Waals surface area (Å²) < 4.78 is 0. The molecule has 1 aromatic rings. The molecule has 1 heteroatoms. The van der Waals surface area contributed by atoms with Crippen molar-refractivity contribution in [3.63, 3.8) is 0 Å². The van der Waals surface area contributed by atoms with Gasteiger partial charge in [0.05, 0.1) is 6.54 Å². The lowest BCUT2D eigenvalue weighted by Gasteiger charge is -2.10. The monoisotopic (exact) mass is 149 g/mol. The highest BCUT2D eigenvalue weighted by Gasteiger charge is 2.02. The third kappa shape index (κ3) is 2.35. The van der Waals surface area contributed by atoms with Crippen molar-refractivity contribution >= 4 is 0 Å². The van der Waals surface area contributed by atoms with Crippen LogP contribution in [0.5, 0.6) is 0 Å². The van der Waals surface area contributed by atoms with E-state index < -0.39 is 0 Å². The highest BCUT2D eigenvalue weighted by Crippen LogP contribution is 2.11. The van der Waals surface area contributed by atoms with Crippen molar-refractivity contribution < 1.29 is 5.32 Å². The molecule has 0 fully saturated rings. The highest BCUT2D eigenvalue weighted by atomic mass is 14.8. The molecule has 0 radical (unpaired) electrons. The molecule has 0 saturated heterocycles. The van der Waals surface area contributed by atoms with Crippen LogP contribution in [0.4, 0.5) is 0 Å². The summed E-state index contributed by atoms with van der Waals surface area (Å²) in [5.41, 5.74) is 1.40. The van der Waals surface area contributed by atoms with Crippen LogP contribution in [0.3, 0.4) is 0 Å². The van der Waals surface area contributed by atoms with E-state index in [1.54, 1.807) is 0 Å². The topological polar surface area (TPSA) is 16.6 Å². The third-order valence-corrected chi connectivity index (χ3v) is 1.89. The Morgan fingerprint density at radius 3 is 2.55 bits per heavy atom. The molecule has 0 heterocycles. The maximum atomic E-state index is 3.73. The molecule has 0 saturated carbocycles. The van der Waals surface area contributed by atoms with Crippen molar-refractivity contribution in [3.8, 4) is 0 Å². The maximum Gasteiger partial charge on any atom is 0.0582 e. The second kappa shape index (κ2) is 4.14. The van der Waals surface area contributed by atoms with E-state index in [-0.39, 0.29) is 0 Å². The largest absolute Gasteiger partial charge is 0.478 e. The first-order valence-electron chi connectivity index (χ1n) is 4.00. The Morgan fingerprint density at radius 2 is 2.00 bits per heavy atom. The third-order valence-electron chi connectivity index (χ3n) is 1.89. The average Bonchev–Trinajstić information content (AvgIpc) is 2.07. The van der Waals surface area contributed by atoms with Crippen molar-refractivity contribution in [2.75, 3.05) is 6.54 Å². The molecule has 2 N–H and O–H groups in total. The molecule has 0 aliphatic heterocycles. The van der Waals surface area contributed by atoms with Crippen LogP contribution in [0.2, 0.25) is 0 Å². The van der Waals surface area contributed by atoms with Gasteiger partial charge in [0, 0.05) is 5.92 Å². The summed E-state index contributed by atoms with van der Waals surface area (Å²) in [7, 11) is 3.73. The second-order valence-electron chi connectivity index (χ2n) is 2.84. The quantitative estimate of drug-likeness (QED) is 0.621. The van der Waals surface area contributed by atoms with Gasteiger partial charge in [-0.1, -0.05) is 37.3 Å². The molecule has 1 unspecified atom stereocenters. The summed E-state index contributed by atoms with van der Waals surface area (Å²) >= 11 is 0. The fourth-order valence-electron chi connectivity index (χ4n) is 1.17. The molecule has 60 valence electrons. The Bertz CT molecular complexity index is 193. The van der Waals surface area contributed by atoms with E-state index in [0.29, 0.717) is 5.92 Å². The fraction of sp³-hybridized carbons (Fsp3) is 0.300. The van der Waals surface area contributed by atoms with E-state index in [1.807, 2.05) is 11.4 Å². The molecule has 0 aromatic heterocycles. The van der Waals surface area contributed by atoms with Gasteiger partial charge in [0.25, 0.3) is 0 Å². The zero-order chi connectivity index (χ0) is 8.10. The van der Waals surface area contributed by atoms with Crippen LogP contribution in [0.25, 0.3) is 0 Å². The lowest BCUT2D eigenvalue weighted by atomic mass is 10.0. The van der Waals surface area contributed by atoms with E-state index in [1.165, 1.54) is 5.56 Å². The molecule has 1 nitrogen and oxygen atoms in total. The second-order valence-corrected chi connectivity index (χ2v) is 2.84. The van der Waals surface area contributed by atoms with Crippen molar-refractivity contribution in [1.82, 2.24) is 0 Å². The molecule has 0 spiro atoms. The zero-order valence-electron chi connectivity index (χ0n) is 6.96. The molecule has 1 atom stereocenters. The first kappa shape index (κ1) is 8.28. The molecular formula is C10H15N. The first-order valence-corrected chi connectivity index (χ1v) is 4.00. The zero-order valence-corrected chi connectivity index (χ0v) is 6.96. The van der Waals surface area contributed by atoms with E-state index in [9.17, 15) is 0 Å². The summed E-state index contributed by atoms with van der Waals surface area (Å²) in [4.78, 5) is 0. The number of hydrogen-bond acceptors (Lipinski definition) is 0. The van der Waals surface area contributed by atoms with Gasteiger partial charge in [-0.15, -0.1) is 0 Å². The fourth-order valence-corrected chi connectivity index (χ4v) is 1.17. The molecule has 0 aliphatic carbocycles. The van der Waals surface area contributed by atoms with Crippen LogP contribution in [0.1, 0.15) is 18.4 Å². The van der Waals surface area contributed by atoms with Gasteiger partial charge in [-0.25, -0.2) is 0 Å². The molecule has 0 bridgehead atoms. The lowest BCUT2D eigenvalue weighted by Crippen LogP contribution is -2.77. The Labute approximate surface area is 68.4 Å². The van der Waals surface area contributed by atoms with E-state index in [2.05, 4.69) is 38.2 Å². The number of quaternary nitrogens is 1. The van der Waals surface area contributed by atoms with E-state index in [0.717, 1.165) is 6.54 Å². The van der Waals surface area contributed by atoms with E-state index >= 15 is 0 Å². The number of hydrogen-bond donors (Lipinski definition) is 1. The predicted molar refractivity (Wildman–Crippen MR) is 47.0 cm³/mol. The van der Waals surface area contributed by atoms with Gasteiger partial charge in [0.1, 0.15) is 0 Å². The van der Waals surface area contributed by atoms with Crippen molar-refractivity contribution in [2.45, 2.75) is 12.8 Å². The van der Waals surface area contributed by atoms with Crippen LogP contribution in [0.15, 0.2) is 30.3 Å². The molecule has 11 heavy (non-hydrogen) atoms. The van der Waals surface area contributed by atoms with Gasteiger partial charge < -0.3 is 5.32 Å². The summed E-state index contributed by atoms with van der Waals surface area (Å²) in [6.45, 7) is 3.28. The predicted octanol–water partition coefficient (Wildman–Crippen LogP) is 1.15. The standard InChI is InChI=1S/C10H15N/c1-9(8-11-2)10-6-4-3-5-7-10/h3-7,9H,2,8,11H2,1H3. The van der Waals surface area contributed by atoms with Gasteiger partial charge in [-0.05, 0) is 5.56 Å². The molecule has 1 aromatic carbocycles. The molecule has 1 rings (SSSR count). The highest BCUT2D eigenvalue weighted by molar-refractivity contribution is 5.18. The van der Waals surface area contributed by atoms with Gasteiger partial charge in [-0.3, -0.25) is 0 Å². The Morgan fingerprint density at radius 1 is 1.36 bits per heavy atom. The normalized spacial score (nSPS) is 12.9. The molecular weight excluding hydrogens is 134 g/mol. The molecule has 0 amide bonds. The van der Waals surface area contributed by atoms with Crippen LogP contribution in [0, 0.1) is 7.05 Å². The van der Waals surface area contributed by atoms with Gasteiger partial charge in [-0.2, -0.15) is 7.05 Å². The minimum Gasteiger partial charge on any atom is -0.478 e. The number of rotatable bonds is 3. The summed E-state index contributed by atoms with van der Waals surface area (Å²) in [5.74, 6) is 0.605. The number of benzene rings is 1. The minimum atomic E-state index is 0.605. The Balaban J connectivity index is 2.61. The van der Waals surface area contributed by atoms with E-state index in [4.69, 9.17) is 0 Å². The van der Waals surface area contributed by atoms with Crippen LogP contribution in [-0.4, -0.2) is 6.54 Å². The number of nitrogens with two attached hydrogens (primary N) is 1. The van der Waals surface area contributed by atoms with Crippen molar-refractivity contribution in [1.29, 1.82) is 0 Å². The molecule has 0 aliphatic rings. The van der Waals surface area contributed by atoms with Gasteiger partial charge in [0.2, 0.25) is 0 Å². The Kier molecular flexibility index (Phi) is 3.12. The SMILES string of the molecule is [CH2-][NH2+]CC(C)c1ccccc1. The van der Waals surface area contributed by atoms with Crippen LogP contribution < -0.4 is 5.32 Å². The summed E-state index contributed by atoms with van der Waals surface area (Å²) in [5, 5.41) is 1.97. The van der Waals surface area contributed by atoms with Gasteiger partial charge >= 0.3 is 0 Å². The minimum absolute atomic E-state index is 0.605. The van der Waals surface area contributed by atoms with Gasteiger partial charge in [0.15, 0.2) is 0 Å². The summed E-state index contributed by atoms with van der Waals surface area (Å²) in [6.07, 6.45) is 0. The Hall–Kier alpha value is -0.820. The summed E-state index contributed by atoms with van der Waals surface area (Å²) in [6, 6.07) is 10.5. The van der Waals surface area contributed by atoms with Crippen LogP contribution in [-0.2, 0) is 0 Å². The smallest absolute Gasteiger partial charge is 0.0582 e. The van der Waals surface area contributed by atoms with Crippen molar-refractivity contribution in [3.05, 3.63) is 42.9 Å². The lowest BCUT2D eigenvalue weighted by molar-refractivity contribution is -0.597.